The third kappa shape index (κ3) is 7.02. The monoisotopic (exact) mass is 574 g/mol. The predicted molar refractivity (Wildman–Crippen MR) is 154 cm³/mol. The molecule has 3 aromatic rings. The zero-order valence-corrected chi connectivity index (χ0v) is 23.6. The van der Waals surface area contributed by atoms with Gasteiger partial charge in [0.15, 0.2) is 16.7 Å². The Balaban J connectivity index is 1.57. The highest BCUT2D eigenvalue weighted by atomic mass is 35.5. The van der Waals surface area contributed by atoms with Crippen molar-refractivity contribution in [3.05, 3.63) is 91.8 Å². The molecule has 1 amide bonds. The molecule has 0 atom stereocenters. The Kier molecular flexibility index (Phi) is 9.08. The number of amidine groups is 1. The summed E-state index contributed by atoms with van der Waals surface area (Å²) in [6.45, 7) is 4.97. The van der Waals surface area contributed by atoms with Crippen molar-refractivity contribution in [3.8, 4) is 11.5 Å². The van der Waals surface area contributed by atoms with Gasteiger partial charge in [0.1, 0.15) is 6.61 Å². The maximum absolute atomic E-state index is 13.3. The molecule has 1 heterocycles. The van der Waals surface area contributed by atoms with Crippen molar-refractivity contribution in [2.24, 2.45) is 10.9 Å². The number of carbonyl (C=O) groups excluding carboxylic acids is 1. The summed E-state index contributed by atoms with van der Waals surface area (Å²) in [7, 11) is 1.57. The molecule has 0 bridgehead atoms. The Labute approximate surface area is 236 Å². The molecule has 9 heteroatoms. The van der Waals surface area contributed by atoms with Crippen LogP contribution in [0.5, 0.6) is 11.5 Å². The van der Waals surface area contributed by atoms with Gasteiger partial charge in [-0.3, -0.25) is 9.69 Å². The SMILES string of the molecule is COc1cc(/C=C2\SC(=Nc3ccc(Cl)cc3)N(CC(C)C)C2=O)ccc1OCc1ccc(Cl)cc1Cl. The number of thioether (sulfide) groups is 1. The van der Waals surface area contributed by atoms with Crippen LogP contribution in [0, 0.1) is 5.92 Å². The average Bonchev–Trinajstić information content (AvgIpc) is 3.13. The molecular weight excluding hydrogens is 551 g/mol. The number of rotatable bonds is 8. The fourth-order valence-electron chi connectivity index (χ4n) is 3.58. The van der Waals surface area contributed by atoms with Crippen LogP contribution < -0.4 is 9.47 Å². The fourth-order valence-corrected chi connectivity index (χ4v) is 5.18. The maximum atomic E-state index is 13.3. The molecule has 0 N–H and O–H groups in total. The van der Waals surface area contributed by atoms with Crippen LogP contribution in [0.2, 0.25) is 15.1 Å². The molecule has 0 spiro atoms. The first-order valence-corrected chi connectivity index (χ1v) is 13.5. The second-order valence-electron chi connectivity index (χ2n) is 8.73. The Bertz CT molecular complexity index is 1360. The largest absolute Gasteiger partial charge is 0.493 e. The van der Waals surface area contributed by atoms with Gasteiger partial charge in [0.2, 0.25) is 0 Å². The molecule has 0 aliphatic carbocycles. The van der Waals surface area contributed by atoms with Crippen molar-refractivity contribution in [3.63, 3.8) is 0 Å². The first kappa shape index (κ1) is 27.4. The number of carbonyl (C=O) groups is 1. The number of halogens is 3. The van der Waals surface area contributed by atoms with Gasteiger partial charge < -0.3 is 9.47 Å². The molecule has 3 aromatic carbocycles. The molecule has 1 aliphatic heterocycles. The number of nitrogens with zero attached hydrogens (tertiary/aromatic N) is 2. The standard InChI is InChI=1S/C28H25Cl3N2O3S/c1-17(2)15-33-27(34)26(37-28(33)32-22-9-7-20(29)8-10-22)13-18-4-11-24(25(12-18)35-3)36-16-19-5-6-21(30)14-23(19)31/h4-14,17H,15-16H2,1-3H3/b26-13-,32-28?. The van der Waals surface area contributed by atoms with Gasteiger partial charge in [-0.25, -0.2) is 4.99 Å². The number of hydrogen-bond donors (Lipinski definition) is 0. The van der Waals surface area contributed by atoms with Crippen molar-refractivity contribution in [1.29, 1.82) is 0 Å². The number of hydrogen-bond acceptors (Lipinski definition) is 5. The van der Waals surface area contributed by atoms with Crippen LogP contribution in [0.4, 0.5) is 5.69 Å². The summed E-state index contributed by atoms with van der Waals surface area (Å²) in [5, 5.41) is 2.37. The third-order valence-electron chi connectivity index (χ3n) is 5.37. The molecule has 0 unspecified atom stereocenters. The van der Waals surface area contributed by atoms with E-state index in [4.69, 9.17) is 49.3 Å². The lowest BCUT2D eigenvalue weighted by molar-refractivity contribution is -0.122. The van der Waals surface area contributed by atoms with Gasteiger partial charge in [-0.05, 0) is 77.9 Å². The summed E-state index contributed by atoms with van der Waals surface area (Å²) in [6, 6.07) is 18.0. The van der Waals surface area contributed by atoms with Crippen molar-refractivity contribution in [1.82, 2.24) is 4.90 Å². The molecule has 1 saturated heterocycles. The molecular formula is C28H25Cl3N2O3S. The minimum Gasteiger partial charge on any atom is -0.493 e. The second kappa shape index (κ2) is 12.3. The van der Waals surface area contributed by atoms with E-state index in [-0.39, 0.29) is 18.4 Å². The molecule has 0 radical (unpaired) electrons. The van der Waals surface area contributed by atoms with E-state index in [1.165, 1.54) is 11.8 Å². The van der Waals surface area contributed by atoms with Crippen LogP contribution in [0.25, 0.3) is 6.08 Å². The lowest BCUT2D eigenvalue weighted by atomic mass is 10.1. The summed E-state index contributed by atoms with van der Waals surface area (Å²) >= 11 is 19.6. The number of methoxy groups -OCH3 is 1. The highest BCUT2D eigenvalue weighted by molar-refractivity contribution is 8.18. The number of ether oxygens (including phenoxy) is 2. The van der Waals surface area contributed by atoms with Crippen LogP contribution in [0.3, 0.4) is 0 Å². The van der Waals surface area contributed by atoms with E-state index in [1.807, 2.05) is 42.5 Å². The van der Waals surface area contributed by atoms with Crippen molar-refractivity contribution >= 4 is 69.4 Å². The molecule has 0 saturated carbocycles. The third-order valence-corrected chi connectivity index (χ3v) is 7.22. The lowest BCUT2D eigenvalue weighted by Crippen LogP contribution is -2.32. The highest BCUT2D eigenvalue weighted by Gasteiger charge is 2.33. The molecule has 5 nitrogen and oxygen atoms in total. The van der Waals surface area contributed by atoms with E-state index in [9.17, 15) is 4.79 Å². The van der Waals surface area contributed by atoms with E-state index in [0.29, 0.717) is 43.2 Å². The molecule has 37 heavy (non-hydrogen) atoms. The van der Waals surface area contributed by atoms with E-state index < -0.39 is 0 Å². The van der Waals surface area contributed by atoms with Gasteiger partial charge >= 0.3 is 0 Å². The van der Waals surface area contributed by atoms with Crippen LogP contribution in [0.1, 0.15) is 25.0 Å². The second-order valence-corrected chi connectivity index (χ2v) is 11.0. The molecule has 1 aliphatic rings. The molecule has 0 aromatic heterocycles. The number of benzene rings is 3. The van der Waals surface area contributed by atoms with Crippen LogP contribution >= 0.6 is 46.6 Å². The first-order chi connectivity index (χ1) is 17.7. The minimum absolute atomic E-state index is 0.0805. The van der Waals surface area contributed by atoms with E-state index in [1.54, 1.807) is 36.3 Å². The zero-order valence-electron chi connectivity index (χ0n) is 20.5. The van der Waals surface area contributed by atoms with Gasteiger partial charge in [-0.1, -0.05) is 60.8 Å². The van der Waals surface area contributed by atoms with Crippen molar-refractivity contribution in [2.75, 3.05) is 13.7 Å². The molecule has 192 valence electrons. The van der Waals surface area contributed by atoms with Crippen LogP contribution in [0.15, 0.2) is 70.6 Å². The van der Waals surface area contributed by atoms with Gasteiger partial charge in [-0.2, -0.15) is 0 Å². The Morgan fingerprint density at radius 2 is 1.70 bits per heavy atom. The first-order valence-electron chi connectivity index (χ1n) is 11.5. The number of aliphatic imine (C=N–C) groups is 1. The van der Waals surface area contributed by atoms with Crippen LogP contribution in [-0.4, -0.2) is 29.6 Å². The lowest BCUT2D eigenvalue weighted by Gasteiger charge is -2.17. The quantitative estimate of drug-likeness (QED) is 0.253. The minimum atomic E-state index is -0.0805. The Hall–Kier alpha value is -2.64. The summed E-state index contributed by atoms with van der Waals surface area (Å²) in [5.41, 5.74) is 2.35. The van der Waals surface area contributed by atoms with Gasteiger partial charge in [-0.15, -0.1) is 0 Å². The summed E-state index contributed by atoms with van der Waals surface area (Å²) in [5.74, 6) is 1.31. The van der Waals surface area contributed by atoms with Crippen molar-refractivity contribution < 1.29 is 14.3 Å². The average molecular weight is 576 g/mol. The summed E-state index contributed by atoms with van der Waals surface area (Å²) in [6.07, 6.45) is 1.84. The van der Waals surface area contributed by atoms with E-state index >= 15 is 0 Å². The number of amides is 1. The van der Waals surface area contributed by atoms with E-state index in [0.717, 1.165) is 16.8 Å². The van der Waals surface area contributed by atoms with Gasteiger partial charge in [0.05, 0.1) is 17.7 Å². The maximum Gasteiger partial charge on any atom is 0.266 e. The van der Waals surface area contributed by atoms with Crippen LogP contribution in [-0.2, 0) is 11.4 Å². The highest BCUT2D eigenvalue weighted by Crippen LogP contribution is 2.37. The smallest absolute Gasteiger partial charge is 0.266 e. The molecule has 4 rings (SSSR count). The van der Waals surface area contributed by atoms with Crippen molar-refractivity contribution in [2.45, 2.75) is 20.5 Å². The normalized spacial score (nSPS) is 15.8. The van der Waals surface area contributed by atoms with E-state index in [2.05, 4.69) is 13.8 Å². The Morgan fingerprint density at radius 1 is 0.973 bits per heavy atom. The molecule has 1 fully saturated rings. The zero-order chi connectivity index (χ0) is 26.5. The Morgan fingerprint density at radius 3 is 2.38 bits per heavy atom. The topological polar surface area (TPSA) is 51.1 Å². The van der Waals surface area contributed by atoms with Gasteiger partial charge in [0.25, 0.3) is 5.91 Å². The fraction of sp³-hybridized carbons (Fsp3) is 0.214. The summed E-state index contributed by atoms with van der Waals surface area (Å²) < 4.78 is 11.5. The van der Waals surface area contributed by atoms with Gasteiger partial charge in [0, 0.05) is 27.2 Å². The summed E-state index contributed by atoms with van der Waals surface area (Å²) in [4.78, 5) is 20.3. The predicted octanol–water partition coefficient (Wildman–Crippen LogP) is 8.49.